The molecule has 0 amide bonds. The number of phenolic OH excluding ortho intramolecular Hbond substituents is 1. The van der Waals surface area contributed by atoms with Gasteiger partial charge in [-0.25, -0.2) is 0 Å². The molecular weight excluding hydrogens is 356 g/mol. The summed E-state index contributed by atoms with van der Waals surface area (Å²) in [6.45, 7) is 4.63. The first-order valence-corrected chi connectivity index (χ1v) is 9.02. The van der Waals surface area contributed by atoms with Crippen LogP contribution in [0.25, 0.3) is 0 Å². The number of hydrogen-bond acceptors (Lipinski definition) is 5. The molecule has 0 bridgehead atoms. The molecule has 2 aromatic carbocycles. The summed E-state index contributed by atoms with van der Waals surface area (Å²) in [5.74, 6) is 1.56. The molecule has 1 aliphatic rings. The summed E-state index contributed by atoms with van der Waals surface area (Å²) < 4.78 is 16.9. The van der Waals surface area contributed by atoms with Gasteiger partial charge in [-0.1, -0.05) is 17.7 Å². The first kappa shape index (κ1) is 18.8. The third-order valence-corrected chi connectivity index (χ3v) is 4.68. The lowest BCUT2D eigenvalue weighted by molar-refractivity contribution is -0.0227. The molecule has 6 heteroatoms. The van der Waals surface area contributed by atoms with Gasteiger partial charge in [-0.2, -0.15) is 0 Å². The normalized spacial score (nSPS) is 15.5. The van der Waals surface area contributed by atoms with Crippen LogP contribution in [0, 0.1) is 0 Å². The van der Waals surface area contributed by atoms with Crippen molar-refractivity contribution in [2.45, 2.75) is 32.5 Å². The van der Waals surface area contributed by atoms with Gasteiger partial charge in [-0.15, -0.1) is 0 Å². The highest BCUT2D eigenvalue weighted by atomic mass is 35.5. The van der Waals surface area contributed by atoms with Crippen LogP contribution in [0.15, 0.2) is 30.3 Å². The summed E-state index contributed by atoms with van der Waals surface area (Å²) in [5.41, 5.74) is 2.55. The fourth-order valence-electron chi connectivity index (χ4n) is 2.97. The molecule has 0 aromatic heterocycles. The second-order valence-corrected chi connectivity index (χ2v) is 6.84. The lowest BCUT2D eigenvalue weighted by atomic mass is 9.99. The van der Waals surface area contributed by atoms with Crippen molar-refractivity contribution < 1.29 is 24.4 Å². The zero-order chi connectivity index (χ0) is 18.7. The van der Waals surface area contributed by atoms with E-state index in [0.29, 0.717) is 30.2 Å². The Hall–Kier alpha value is -1.95. The van der Waals surface area contributed by atoms with Gasteiger partial charge in [0, 0.05) is 10.6 Å². The van der Waals surface area contributed by atoms with Crippen LogP contribution >= 0.6 is 11.6 Å². The maximum absolute atomic E-state index is 10.2. The molecule has 5 nitrogen and oxygen atoms in total. The minimum atomic E-state index is -0.367. The van der Waals surface area contributed by atoms with Crippen molar-refractivity contribution >= 4 is 11.6 Å². The van der Waals surface area contributed by atoms with Gasteiger partial charge in [0.15, 0.2) is 11.5 Å². The van der Waals surface area contributed by atoms with Crippen molar-refractivity contribution in [3.8, 4) is 17.2 Å². The first-order valence-electron chi connectivity index (χ1n) is 8.64. The maximum atomic E-state index is 10.2. The number of aliphatic hydroxyl groups excluding tert-OH is 1. The topological polar surface area (TPSA) is 68.2 Å². The number of phenols is 1. The summed E-state index contributed by atoms with van der Waals surface area (Å²) in [5, 5.41) is 19.9. The van der Waals surface area contributed by atoms with Crippen LogP contribution in [0.3, 0.4) is 0 Å². The van der Waals surface area contributed by atoms with Gasteiger partial charge < -0.3 is 24.4 Å². The summed E-state index contributed by atoms with van der Waals surface area (Å²) in [6, 6.07) is 9.21. The Morgan fingerprint density at radius 2 is 1.85 bits per heavy atom. The van der Waals surface area contributed by atoms with E-state index >= 15 is 0 Å². The molecule has 2 aromatic rings. The van der Waals surface area contributed by atoms with Crippen LogP contribution in [-0.2, 0) is 11.2 Å². The average Bonchev–Trinajstić information content (AvgIpc) is 2.63. The van der Waals surface area contributed by atoms with E-state index in [-0.39, 0.29) is 24.6 Å². The van der Waals surface area contributed by atoms with Gasteiger partial charge >= 0.3 is 0 Å². The minimum Gasteiger partial charge on any atom is -0.508 e. The van der Waals surface area contributed by atoms with Crippen molar-refractivity contribution in [1.29, 1.82) is 0 Å². The standard InChI is InChI=1S/C20H23ClO5/c1-12(11-22)26-13(2)16-9-15(17(21)10-18(16)23)7-14-3-4-19-20(8-14)25-6-5-24-19/h3-4,8-10,12-13,22-23H,5-7,11H2,1-2H3/t12-,13+/m0/s1. The lowest BCUT2D eigenvalue weighted by Crippen LogP contribution is -2.16. The summed E-state index contributed by atoms with van der Waals surface area (Å²) in [4.78, 5) is 0. The van der Waals surface area contributed by atoms with Crippen LogP contribution in [0.5, 0.6) is 17.2 Å². The Kier molecular flexibility index (Phi) is 5.91. The largest absolute Gasteiger partial charge is 0.508 e. The van der Waals surface area contributed by atoms with Gasteiger partial charge in [0.25, 0.3) is 0 Å². The van der Waals surface area contributed by atoms with Crippen LogP contribution in [-0.4, -0.2) is 36.1 Å². The Morgan fingerprint density at radius 3 is 2.58 bits per heavy atom. The van der Waals surface area contributed by atoms with E-state index in [9.17, 15) is 5.11 Å². The van der Waals surface area contributed by atoms with E-state index in [1.807, 2.05) is 31.2 Å². The second kappa shape index (κ2) is 8.16. The molecule has 0 radical (unpaired) electrons. The molecule has 26 heavy (non-hydrogen) atoms. The van der Waals surface area contributed by atoms with E-state index in [4.69, 9.17) is 30.9 Å². The zero-order valence-corrected chi connectivity index (χ0v) is 15.6. The lowest BCUT2D eigenvalue weighted by Gasteiger charge is -2.21. The van der Waals surface area contributed by atoms with Crippen LogP contribution in [0.4, 0.5) is 0 Å². The third-order valence-electron chi connectivity index (χ3n) is 4.33. The van der Waals surface area contributed by atoms with Crippen LogP contribution < -0.4 is 9.47 Å². The number of aliphatic hydroxyl groups is 1. The van der Waals surface area contributed by atoms with Crippen molar-refractivity contribution in [3.05, 3.63) is 52.0 Å². The number of fused-ring (bicyclic) bond motifs is 1. The number of aromatic hydroxyl groups is 1. The molecule has 140 valence electrons. The number of halogens is 1. The fourth-order valence-corrected chi connectivity index (χ4v) is 3.19. The highest BCUT2D eigenvalue weighted by molar-refractivity contribution is 6.31. The monoisotopic (exact) mass is 378 g/mol. The molecule has 0 saturated heterocycles. The number of benzene rings is 2. The number of hydrogen-bond donors (Lipinski definition) is 2. The summed E-state index contributed by atoms with van der Waals surface area (Å²) >= 11 is 6.34. The van der Waals surface area contributed by atoms with Crippen molar-refractivity contribution in [3.63, 3.8) is 0 Å². The molecule has 0 aliphatic carbocycles. The first-order chi connectivity index (χ1) is 12.5. The minimum absolute atomic E-state index is 0.0806. The zero-order valence-electron chi connectivity index (χ0n) is 14.9. The third kappa shape index (κ3) is 4.23. The Balaban J connectivity index is 1.84. The molecule has 2 atom stereocenters. The Morgan fingerprint density at radius 1 is 1.12 bits per heavy atom. The molecule has 0 unspecified atom stereocenters. The van der Waals surface area contributed by atoms with E-state index in [0.717, 1.165) is 22.6 Å². The molecule has 0 spiro atoms. The van der Waals surface area contributed by atoms with Crippen molar-refractivity contribution in [2.24, 2.45) is 0 Å². The van der Waals surface area contributed by atoms with E-state index in [2.05, 4.69) is 0 Å². The van der Waals surface area contributed by atoms with Gasteiger partial charge in [-0.3, -0.25) is 0 Å². The van der Waals surface area contributed by atoms with E-state index in [1.165, 1.54) is 6.07 Å². The SMILES string of the molecule is C[C@@H](CO)O[C@H](C)c1cc(Cc2ccc3c(c2)OCCO3)c(Cl)cc1O. The van der Waals surface area contributed by atoms with Gasteiger partial charge in [0.2, 0.25) is 0 Å². The van der Waals surface area contributed by atoms with Crippen molar-refractivity contribution in [1.82, 2.24) is 0 Å². The predicted octanol–water partition coefficient (Wildman–Crippen LogP) is 3.87. The van der Waals surface area contributed by atoms with Crippen LogP contribution in [0.1, 0.15) is 36.6 Å². The maximum Gasteiger partial charge on any atom is 0.161 e. The van der Waals surface area contributed by atoms with E-state index in [1.54, 1.807) is 6.92 Å². The molecule has 1 heterocycles. The molecule has 0 fully saturated rings. The highest BCUT2D eigenvalue weighted by Crippen LogP contribution is 2.35. The molecule has 3 rings (SSSR count). The second-order valence-electron chi connectivity index (χ2n) is 6.43. The Labute approximate surface area is 158 Å². The number of ether oxygens (including phenoxy) is 3. The summed E-state index contributed by atoms with van der Waals surface area (Å²) in [7, 11) is 0. The molecule has 2 N–H and O–H groups in total. The van der Waals surface area contributed by atoms with Crippen LogP contribution in [0.2, 0.25) is 5.02 Å². The molecular formula is C20H23ClO5. The average molecular weight is 379 g/mol. The molecule has 0 saturated carbocycles. The van der Waals surface area contributed by atoms with Gasteiger partial charge in [-0.05, 0) is 55.7 Å². The quantitative estimate of drug-likeness (QED) is 0.798. The fraction of sp³-hybridized carbons (Fsp3) is 0.400. The smallest absolute Gasteiger partial charge is 0.161 e. The Bertz CT molecular complexity index is 777. The van der Waals surface area contributed by atoms with Crippen molar-refractivity contribution in [2.75, 3.05) is 19.8 Å². The van der Waals surface area contributed by atoms with Gasteiger partial charge in [0.1, 0.15) is 19.0 Å². The highest BCUT2D eigenvalue weighted by Gasteiger charge is 2.18. The summed E-state index contributed by atoms with van der Waals surface area (Å²) in [6.07, 6.45) is -0.0971. The molecule has 1 aliphatic heterocycles. The predicted molar refractivity (Wildman–Crippen MR) is 99.4 cm³/mol. The number of rotatable bonds is 6. The van der Waals surface area contributed by atoms with Gasteiger partial charge in [0.05, 0.1) is 18.8 Å². The van der Waals surface area contributed by atoms with E-state index < -0.39 is 0 Å².